The summed E-state index contributed by atoms with van der Waals surface area (Å²) in [7, 11) is 0. The van der Waals surface area contributed by atoms with Gasteiger partial charge in [0.2, 0.25) is 0 Å². The molecule has 0 aliphatic heterocycles. The number of aromatic amines is 1. The number of aromatic nitrogens is 4. The van der Waals surface area contributed by atoms with E-state index in [0.29, 0.717) is 0 Å². The standard InChI is InChI=1S/C13H21N5/c1-3-18-10-15-9-13(18)8-14-6-4-5-12-7-16-17-11(12)2/h7,9-10,14H,3-6,8H2,1-2H3,(H,16,17). The summed E-state index contributed by atoms with van der Waals surface area (Å²) in [6, 6.07) is 0. The van der Waals surface area contributed by atoms with Crippen molar-refractivity contribution in [1.82, 2.24) is 25.1 Å². The third kappa shape index (κ3) is 3.20. The van der Waals surface area contributed by atoms with Gasteiger partial charge in [-0.05, 0) is 38.8 Å². The SMILES string of the molecule is CCn1cncc1CNCCCc1cn[nH]c1C. The van der Waals surface area contributed by atoms with Crippen molar-refractivity contribution in [3.05, 3.63) is 35.7 Å². The second-order valence-electron chi connectivity index (χ2n) is 4.47. The molecule has 0 bridgehead atoms. The molecule has 2 rings (SSSR count). The first-order chi connectivity index (χ1) is 8.81. The Morgan fingerprint density at radius 3 is 3.00 bits per heavy atom. The van der Waals surface area contributed by atoms with Crippen LogP contribution >= 0.6 is 0 Å². The number of rotatable bonds is 7. The Hall–Kier alpha value is -1.62. The normalized spacial score (nSPS) is 11.0. The molecule has 0 aromatic carbocycles. The van der Waals surface area contributed by atoms with Crippen LogP contribution in [0.2, 0.25) is 0 Å². The van der Waals surface area contributed by atoms with Crippen LogP contribution < -0.4 is 5.32 Å². The van der Waals surface area contributed by atoms with Gasteiger partial charge in [0.25, 0.3) is 0 Å². The van der Waals surface area contributed by atoms with E-state index in [2.05, 4.69) is 38.9 Å². The summed E-state index contributed by atoms with van der Waals surface area (Å²) in [4.78, 5) is 4.15. The highest BCUT2D eigenvalue weighted by Crippen LogP contribution is 2.05. The first-order valence-corrected chi connectivity index (χ1v) is 6.49. The number of imidazole rings is 1. The van der Waals surface area contributed by atoms with Crippen LogP contribution in [0.15, 0.2) is 18.7 Å². The van der Waals surface area contributed by atoms with Crippen molar-refractivity contribution in [2.24, 2.45) is 0 Å². The van der Waals surface area contributed by atoms with E-state index in [9.17, 15) is 0 Å². The summed E-state index contributed by atoms with van der Waals surface area (Å²) in [5.41, 5.74) is 3.74. The van der Waals surface area contributed by atoms with Crippen molar-refractivity contribution in [3.8, 4) is 0 Å². The second-order valence-corrected chi connectivity index (χ2v) is 4.47. The van der Waals surface area contributed by atoms with E-state index in [1.54, 1.807) is 0 Å². The summed E-state index contributed by atoms with van der Waals surface area (Å²) in [5, 5.41) is 10.4. The van der Waals surface area contributed by atoms with Gasteiger partial charge in [0.1, 0.15) is 0 Å². The van der Waals surface area contributed by atoms with E-state index in [1.807, 2.05) is 18.7 Å². The lowest BCUT2D eigenvalue weighted by Crippen LogP contribution is -2.17. The Kier molecular flexibility index (Phi) is 4.52. The Morgan fingerprint density at radius 2 is 2.28 bits per heavy atom. The Morgan fingerprint density at radius 1 is 1.39 bits per heavy atom. The molecular formula is C13H21N5. The minimum Gasteiger partial charge on any atom is -0.334 e. The molecule has 0 atom stereocenters. The van der Waals surface area contributed by atoms with Gasteiger partial charge in [0, 0.05) is 25.0 Å². The zero-order valence-corrected chi connectivity index (χ0v) is 11.1. The second kappa shape index (κ2) is 6.35. The van der Waals surface area contributed by atoms with Crippen LogP contribution in [0.4, 0.5) is 0 Å². The molecule has 0 amide bonds. The van der Waals surface area contributed by atoms with Gasteiger partial charge >= 0.3 is 0 Å². The first-order valence-electron chi connectivity index (χ1n) is 6.49. The minimum absolute atomic E-state index is 0.887. The van der Waals surface area contributed by atoms with Crippen LogP contribution in [0.1, 0.15) is 30.3 Å². The fourth-order valence-electron chi connectivity index (χ4n) is 2.03. The van der Waals surface area contributed by atoms with E-state index in [0.717, 1.165) is 32.5 Å². The molecular weight excluding hydrogens is 226 g/mol. The minimum atomic E-state index is 0.887. The molecule has 2 aromatic rings. The third-order valence-electron chi connectivity index (χ3n) is 3.18. The molecule has 0 unspecified atom stereocenters. The molecule has 0 spiro atoms. The van der Waals surface area contributed by atoms with Crippen LogP contribution in [0.5, 0.6) is 0 Å². The molecule has 5 nitrogen and oxygen atoms in total. The molecule has 2 N–H and O–H groups in total. The number of hydrogen-bond donors (Lipinski definition) is 2. The first kappa shape index (κ1) is 12.8. The highest BCUT2D eigenvalue weighted by Gasteiger charge is 2.01. The van der Waals surface area contributed by atoms with Crippen LogP contribution in [-0.2, 0) is 19.5 Å². The third-order valence-corrected chi connectivity index (χ3v) is 3.18. The average Bonchev–Trinajstić information content (AvgIpc) is 2.98. The van der Waals surface area contributed by atoms with E-state index < -0.39 is 0 Å². The summed E-state index contributed by atoms with van der Waals surface area (Å²) in [6.07, 6.45) is 7.92. The van der Waals surface area contributed by atoms with Crippen LogP contribution in [0.25, 0.3) is 0 Å². The van der Waals surface area contributed by atoms with E-state index >= 15 is 0 Å². The highest BCUT2D eigenvalue weighted by atomic mass is 15.1. The van der Waals surface area contributed by atoms with Gasteiger partial charge in [0.05, 0.1) is 18.2 Å². The highest BCUT2D eigenvalue weighted by molar-refractivity contribution is 5.14. The predicted molar refractivity (Wildman–Crippen MR) is 71.3 cm³/mol. The van der Waals surface area contributed by atoms with Crippen molar-refractivity contribution in [1.29, 1.82) is 0 Å². The number of nitrogens with zero attached hydrogens (tertiary/aromatic N) is 3. The number of aryl methyl sites for hydroxylation is 3. The molecule has 5 heteroatoms. The van der Waals surface area contributed by atoms with Crippen molar-refractivity contribution < 1.29 is 0 Å². The Labute approximate surface area is 108 Å². The van der Waals surface area contributed by atoms with Crippen LogP contribution in [-0.4, -0.2) is 26.3 Å². The zero-order chi connectivity index (χ0) is 12.8. The van der Waals surface area contributed by atoms with Crippen molar-refractivity contribution >= 4 is 0 Å². The summed E-state index contributed by atoms with van der Waals surface area (Å²) >= 11 is 0. The monoisotopic (exact) mass is 247 g/mol. The van der Waals surface area contributed by atoms with Crippen molar-refractivity contribution in [3.63, 3.8) is 0 Å². The number of nitrogens with one attached hydrogen (secondary N) is 2. The molecule has 98 valence electrons. The van der Waals surface area contributed by atoms with Gasteiger partial charge in [0.15, 0.2) is 0 Å². The maximum atomic E-state index is 4.15. The molecule has 0 aliphatic rings. The molecule has 18 heavy (non-hydrogen) atoms. The topological polar surface area (TPSA) is 58.5 Å². The quantitative estimate of drug-likeness (QED) is 0.732. The van der Waals surface area contributed by atoms with E-state index in [4.69, 9.17) is 0 Å². The maximum absolute atomic E-state index is 4.15. The van der Waals surface area contributed by atoms with Crippen molar-refractivity contribution in [2.45, 2.75) is 39.8 Å². The van der Waals surface area contributed by atoms with E-state index in [1.165, 1.54) is 17.0 Å². The average molecular weight is 247 g/mol. The Balaban J connectivity index is 1.66. The van der Waals surface area contributed by atoms with Gasteiger partial charge in [-0.25, -0.2) is 4.98 Å². The number of H-pyrrole nitrogens is 1. The van der Waals surface area contributed by atoms with E-state index in [-0.39, 0.29) is 0 Å². The lowest BCUT2D eigenvalue weighted by molar-refractivity contribution is 0.608. The van der Waals surface area contributed by atoms with Crippen LogP contribution in [0, 0.1) is 6.92 Å². The van der Waals surface area contributed by atoms with Crippen LogP contribution in [0.3, 0.4) is 0 Å². The Bertz CT molecular complexity index is 471. The molecule has 0 saturated carbocycles. The molecule has 2 aromatic heterocycles. The smallest absolute Gasteiger partial charge is 0.0948 e. The molecule has 0 saturated heterocycles. The summed E-state index contributed by atoms with van der Waals surface area (Å²) in [6.45, 7) is 7.07. The predicted octanol–water partition coefficient (Wildman–Crippen LogP) is 1.66. The fraction of sp³-hybridized carbons (Fsp3) is 0.538. The summed E-state index contributed by atoms with van der Waals surface area (Å²) in [5.74, 6) is 0. The maximum Gasteiger partial charge on any atom is 0.0948 e. The van der Waals surface area contributed by atoms with Gasteiger partial charge in [-0.2, -0.15) is 5.10 Å². The summed E-state index contributed by atoms with van der Waals surface area (Å²) < 4.78 is 2.16. The molecule has 0 aliphatic carbocycles. The largest absolute Gasteiger partial charge is 0.334 e. The molecule has 0 radical (unpaired) electrons. The lowest BCUT2D eigenvalue weighted by Gasteiger charge is -2.06. The zero-order valence-electron chi connectivity index (χ0n) is 11.1. The molecule has 2 heterocycles. The van der Waals surface area contributed by atoms with Gasteiger partial charge < -0.3 is 9.88 Å². The van der Waals surface area contributed by atoms with Crippen molar-refractivity contribution in [2.75, 3.05) is 6.54 Å². The van der Waals surface area contributed by atoms with Gasteiger partial charge in [-0.15, -0.1) is 0 Å². The number of hydrogen-bond acceptors (Lipinski definition) is 3. The molecule has 0 fully saturated rings. The fourth-order valence-corrected chi connectivity index (χ4v) is 2.03. The van der Waals surface area contributed by atoms with Gasteiger partial charge in [-0.1, -0.05) is 0 Å². The lowest BCUT2D eigenvalue weighted by atomic mass is 10.1. The van der Waals surface area contributed by atoms with Gasteiger partial charge in [-0.3, -0.25) is 5.10 Å².